The summed E-state index contributed by atoms with van der Waals surface area (Å²) in [4.78, 5) is 39.1. The Morgan fingerprint density at radius 2 is 1.94 bits per heavy atom. The van der Waals surface area contributed by atoms with Crippen LogP contribution in [0.1, 0.15) is 43.9 Å². The Kier molecular flexibility index (Phi) is 6.09. The normalized spacial score (nSPS) is 22.9. The number of imide groups is 1. The van der Waals surface area contributed by atoms with Gasteiger partial charge >= 0.3 is 12.2 Å². The van der Waals surface area contributed by atoms with Crippen molar-refractivity contribution < 1.29 is 27.6 Å². The number of nitrogens with zero attached hydrogens (tertiary/aromatic N) is 3. The van der Waals surface area contributed by atoms with Crippen molar-refractivity contribution in [1.29, 1.82) is 0 Å². The Bertz CT molecular complexity index is 1160. The number of alkyl halides is 3. The molecule has 2 fully saturated rings. The third-order valence-corrected chi connectivity index (χ3v) is 6.60. The molecule has 1 aliphatic carbocycles. The fourth-order valence-corrected chi connectivity index (χ4v) is 4.56. The summed E-state index contributed by atoms with van der Waals surface area (Å²) in [7, 11) is 0. The number of hydrogen-bond acceptors (Lipinski definition) is 4. The van der Waals surface area contributed by atoms with Gasteiger partial charge in [0.05, 0.1) is 22.0 Å². The van der Waals surface area contributed by atoms with Crippen LogP contribution in [0.2, 0.25) is 5.02 Å². The molecule has 2 aromatic rings. The van der Waals surface area contributed by atoms with Gasteiger partial charge in [0.1, 0.15) is 17.9 Å². The number of urea groups is 1. The minimum atomic E-state index is -4.60. The van der Waals surface area contributed by atoms with Gasteiger partial charge in [0.25, 0.3) is 5.91 Å². The molecule has 0 bridgehead atoms. The highest BCUT2D eigenvalue weighted by Gasteiger charge is 2.52. The van der Waals surface area contributed by atoms with E-state index in [1.54, 1.807) is 6.92 Å². The average molecular weight is 498 g/mol. The zero-order chi connectivity index (χ0) is 24.8. The second-order valence-electron chi connectivity index (χ2n) is 8.88. The van der Waals surface area contributed by atoms with Gasteiger partial charge in [-0.15, -0.1) is 0 Å². The third-order valence-electron chi connectivity index (χ3n) is 6.28. The van der Waals surface area contributed by atoms with E-state index in [9.17, 15) is 27.6 Å². The van der Waals surface area contributed by atoms with Crippen molar-refractivity contribution in [2.24, 2.45) is 5.92 Å². The number of carbonyl (C=O) groups excluding carboxylic acids is 3. The van der Waals surface area contributed by atoms with Crippen LogP contribution in [-0.4, -0.2) is 44.6 Å². The van der Waals surface area contributed by atoms with Crippen LogP contribution < -0.4 is 10.6 Å². The van der Waals surface area contributed by atoms with E-state index in [1.807, 2.05) is 0 Å². The molecule has 4 amide bonds. The fraction of sp³-hybridized carbons (Fsp3) is 0.455. The molecule has 1 saturated heterocycles. The number of nitrogens with one attached hydrogen (secondary N) is 2. The molecule has 34 heavy (non-hydrogen) atoms. The lowest BCUT2D eigenvalue weighted by molar-refractivity contribution is -0.137. The molecule has 0 atom stereocenters. The SMILES string of the molecule is Cc1cc(NC(=O)CN2C(=O)NC3(CCC(C)CC3)C2=O)n(-c2cc(C(F)(F)F)ccc2Cl)n1. The average Bonchev–Trinajstić information content (AvgIpc) is 3.22. The molecule has 1 spiro atoms. The van der Waals surface area contributed by atoms with Gasteiger partial charge < -0.3 is 10.6 Å². The molecule has 0 radical (unpaired) electrons. The van der Waals surface area contributed by atoms with Gasteiger partial charge in [0.2, 0.25) is 5.91 Å². The Hall–Kier alpha value is -3.08. The van der Waals surface area contributed by atoms with Crippen LogP contribution in [-0.2, 0) is 15.8 Å². The van der Waals surface area contributed by atoms with Crippen molar-refractivity contribution in [3.05, 3.63) is 40.5 Å². The van der Waals surface area contributed by atoms with Gasteiger partial charge in [0, 0.05) is 6.07 Å². The third kappa shape index (κ3) is 4.48. The molecular weight excluding hydrogens is 475 g/mol. The Morgan fingerprint density at radius 1 is 1.26 bits per heavy atom. The standard InChI is InChI=1S/C22H23ClF3N5O3/c1-12-5-7-21(8-6-12)19(33)30(20(34)28-21)11-18(32)27-17-9-13(2)29-31(17)16-10-14(22(24,25)26)3-4-15(16)23/h3-4,9-10,12H,5-8,11H2,1-2H3,(H,27,32)(H,28,34). The molecule has 2 N–H and O–H groups in total. The number of aromatic nitrogens is 2. The number of anilines is 1. The molecule has 182 valence electrons. The van der Waals surface area contributed by atoms with Gasteiger partial charge in [-0.3, -0.25) is 14.5 Å². The summed E-state index contributed by atoms with van der Waals surface area (Å²) in [5, 5.41) is 9.41. The maximum Gasteiger partial charge on any atom is 0.416 e. The maximum absolute atomic E-state index is 13.2. The number of carbonyl (C=O) groups is 3. The molecule has 8 nitrogen and oxygen atoms in total. The molecule has 12 heteroatoms. The van der Waals surface area contributed by atoms with Crippen molar-refractivity contribution in [3.63, 3.8) is 0 Å². The highest BCUT2D eigenvalue weighted by molar-refractivity contribution is 6.32. The summed E-state index contributed by atoms with van der Waals surface area (Å²) in [6.07, 6.45) is -1.99. The minimum absolute atomic E-state index is 0.00540. The van der Waals surface area contributed by atoms with Gasteiger partial charge in [-0.2, -0.15) is 18.3 Å². The number of amides is 4. The Morgan fingerprint density at radius 3 is 2.59 bits per heavy atom. The van der Waals surface area contributed by atoms with E-state index in [2.05, 4.69) is 22.7 Å². The molecule has 1 saturated carbocycles. The van der Waals surface area contributed by atoms with Gasteiger partial charge in [-0.1, -0.05) is 18.5 Å². The van der Waals surface area contributed by atoms with Crippen LogP contribution in [0.15, 0.2) is 24.3 Å². The molecule has 2 aliphatic rings. The number of hydrogen-bond donors (Lipinski definition) is 2. The molecule has 1 aliphatic heterocycles. The summed E-state index contributed by atoms with van der Waals surface area (Å²) in [5.74, 6) is -0.630. The van der Waals surface area contributed by atoms with Crippen molar-refractivity contribution in [1.82, 2.24) is 20.0 Å². The van der Waals surface area contributed by atoms with Crippen LogP contribution in [0.25, 0.3) is 5.69 Å². The second-order valence-corrected chi connectivity index (χ2v) is 9.29. The van der Waals surface area contributed by atoms with Crippen LogP contribution in [0.5, 0.6) is 0 Å². The highest BCUT2D eigenvalue weighted by atomic mass is 35.5. The minimum Gasteiger partial charge on any atom is -0.323 e. The van der Waals surface area contributed by atoms with Crippen molar-refractivity contribution in [3.8, 4) is 5.69 Å². The summed E-state index contributed by atoms with van der Waals surface area (Å²) >= 11 is 6.12. The summed E-state index contributed by atoms with van der Waals surface area (Å²) in [6, 6.07) is 3.58. The first-order chi connectivity index (χ1) is 15.9. The molecule has 4 rings (SSSR count). The lowest BCUT2D eigenvalue weighted by atomic mass is 9.77. The molecule has 1 aromatic heterocycles. The first-order valence-corrected chi connectivity index (χ1v) is 11.2. The molecule has 1 aromatic carbocycles. The van der Waals surface area contributed by atoms with E-state index < -0.39 is 41.7 Å². The summed E-state index contributed by atoms with van der Waals surface area (Å²) in [5.41, 5.74) is -1.57. The predicted molar refractivity (Wildman–Crippen MR) is 118 cm³/mol. The zero-order valence-corrected chi connectivity index (χ0v) is 19.3. The van der Waals surface area contributed by atoms with Gasteiger partial charge in [-0.05, 0) is 56.7 Å². The molecule has 0 unspecified atom stereocenters. The predicted octanol–water partition coefficient (Wildman–Crippen LogP) is 4.29. The summed E-state index contributed by atoms with van der Waals surface area (Å²) in [6.45, 7) is 3.14. The fourth-order valence-electron chi connectivity index (χ4n) is 4.36. The first kappa shape index (κ1) is 24.1. The Labute approximate surface area is 198 Å². The summed E-state index contributed by atoms with van der Waals surface area (Å²) < 4.78 is 40.6. The first-order valence-electron chi connectivity index (χ1n) is 10.8. The molecule has 2 heterocycles. The van der Waals surface area contributed by atoms with Gasteiger partial charge in [-0.25, -0.2) is 9.48 Å². The van der Waals surface area contributed by atoms with E-state index in [1.165, 1.54) is 6.07 Å². The quantitative estimate of drug-likeness (QED) is 0.616. The van der Waals surface area contributed by atoms with Crippen LogP contribution in [0.4, 0.5) is 23.8 Å². The van der Waals surface area contributed by atoms with E-state index in [0.717, 1.165) is 40.6 Å². The molecular formula is C22H23ClF3N5O3. The van der Waals surface area contributed by atoms with Crippen LogP contribution >= 0.6 is 11.6 Å². The van der Waals surface area contributed by atoms with E-state index in [0.29, 0.717) is 24.5 Å². The zero-order valence-electron chi connectivity index (χ0n) is 18.5. The number of halogens is 4. The van der Waals surface area contributed by atoms with Crippen LogP contribution in [0, 0.1) is 12.8 Å². The topological polar surface area (TPSA) is 96.3 Å². The highest BCUT2D eigenvalue weighted by Crippen LogP contribution is 2.37. The van der Waals surface area contributed by atoms with E-state index >= 15 is 0 Å². The largest absolute Gasteiger partial charge is 0.416 e. The smallest absolute Gasteiger partial charge is 0.323 e. The van der Waals surface area contributed by atoms with Crippen molar-refractivity contribution >= 4 is 35.3 Å². The monoisotopic (exact) mass is 497 g/mol. The van der Waals surface area contributed by atoms with E-state index in [-0.39, 0.29) is 16.5 Å². The van der Waals surface area contributed by atoms with E-state index in [4.69, 9.17) is 11.6 Å². The second kappa shape index (κ2) is 8.61. The maximum atomic E-state index is 13.2. The lowest BCUT2D eigenvalue weighted by Gasteiger charge is -2.33. The number of rotatable bonds is 4. The number of benzene rings is 1. The van der Waals surface area contributed by atoms with Crippen molar-refractivity contribution in [2.75, 3.05) is 11.9 Å². The number of aryl methyl sites for hydroxylation is 1. The van der Waals surface area contributed by atoms with Crippen LogP contribution in [0.3, 0.4) is 0 Å². The lowest BCUT2D eigenvalue weighted by Crippen LogP contribution is -2.49. The van der Waals surface area contributed by atoms with Gasteiger partial charge in [0.15, 0.2) is 0 Å². The van der Waals surface area contributed by atoms with Crippen molar-refractivity contribution in [2.45, 2.75) is 51.2 Å². The Balaban J connectivity index is 1.54.